The summed E-state index contributed by atoms with van der Waals surface area (Å²) in [6.07, 6.45) is 1.000. The van der Waals surface area contributed by atoms with E-state index in [1.165, 1.54) is 0 Å². The predicted octanol–water partition coefficient (Wildman–Crippen LogP) is 5.29. The number of para-hydroxylation sites is 1. The zero-order chi connectivity index (χ0) is 24.9. The lowest BCUT2D eigenvalue weighted by atomic mass is 9.71. The Morgan fingerprint density at radius 1 is 1.09 bits per heavy atom. The van der Waals surface area contributed by atoms with Crippen molar-refractivity contribution in [3.05, 3.63) is 87.2 Å². The lowest BCUT2D eigenvalue weighted by molar-refractivity contribution is -0.140. The van der Waals surface area contributed by atoms with Crippen LogP contribution in [0.3, 0.4) is 0 Å². The maximum atomic E-state index is 13.7. The van der Waals surface area contributed by atoms with E-state index in [2.05, 4.69) is 5.32 Å². The van der Waals surface area contributed by atoms with Gasteiger partial charge in [0.1, 0.15) is 12.4 Å². The van der Waals surface area contributed by atoms with Crippen LogP contribution in [0.4, 0.5) is 0 Å². The molecule has 0 saturated carbocycles. The number of ether oxygens (including phenoxy) is 3. The van der Waals surface area contributed by atoms with Crippen LogP contribution in [-0.2, 0) is 19.1 Å². The Kier molecular flexibility index (Phi) is 7.93. The minimum Gasteiger partial charge on any atom is -0.494 e. The van der Waals surface area contributed by atoms with E-state index in [9.17, 15) is 9.59 Å². The number of ketones is 1. The number of carbonyl (C=O) groups is 2. The Morgan fingerprint density at radius 3 is 2.54 bits per heavy atom. The lowest BCUT2D eigenvalue weighted by Crippen LogP contribution is -2.36. The second-order valence-corrected chi connectivity index (χ2v) is 9.10. The number of rotatable bonds is 8. The van der Waals surface area contributed by atoms with Crippen LogP contribution >= 0.6 is 11.6 Å². The fourth-order valence-electron chi connectivity index (χ4n) is 4.89. The first-order valence-corrected chi connectivity index (χ1v) is 12.2. The van der Waals surface area contributed by atoms with Gasteiger partial charge in [-0.1, -0.05) is 41.9 Å². The molecule has 6 nitrogen and oxygen atoms in total. The Labute approximate surface area is 210 Å². The molecule has 2 atom stereocenters. The highest BCUT2D eigenvalue weighted by Crippen LogP contribution is 2.47. The number of esters is 1. The Morgan fingerprint density at radius 2 is 1.83 bits per heavy atom. The Bertz CT molecular complexity index is 1170. The molecule has 35 heavy (non-hydrogen) atoms. The molecule has 7 heteroatoms. The van der Waals surface area contributed by atoms with Crippen molar-refractivity contribution in [2.45, 2.75) is 38.5 Å². The van der Waals surface area contributed by atoms with Crippen LogP contribution in [0, 0.1) is 0 Å². The van der Waals surface area contributed by atoms with Gasteiger partial charge in [-0.15, -0.1) is 0 Å². The summed E-state index contributed by atoms with van der Waals surface area (Å²) in [5.41, 5.74) is 4.38. The number of halogens is 1. The maximum absolute atomic E-state index is 13.7. The fourth-order valence-corrected chi connectivity index (χ4v) is 5.02. The average Bonchev–Trinajstić information content (AvgIpc) is 2.84. The molecular formula is C28H30ClNO5. The van der Waals surface area contributed by atoms with E-state index >= 15 is 0 Å². The van der Waals surface area contributed by atoms with Gasteiger partial charge in [0.15, 0.2) is 5.78 Å². The van der Waals surface area contributed by atoms with Gasteiger partial charge in [0, 0.05) is 41.1 Å². The van der Waals surface area contributed by atoms with Crippen molar-refractivity contribution in [3.63, 3.8) is 0 Å². The molecule has 0 spiro atoms. The van der Waals surface area contributed by atoms with Crippen molar-refractivity contribution in [2.75, 3.05) is 26.9 Å². The number of carbonyl (C=O) groups excluding carboxylic acids is 2. The third-order valence-corrected chi connectivity index (χ3v) is 6.69. The summed E-state index contributed by atoms with van der Waals surface area (Å²) in [4.78, 5) is 27.0. The largest absolute Gasteiger partial charge is 0.494 e. The number of nitrogens with one attached hydrogen (secondary N) is 1. The van der Waals surface area contributed by atoms with Crippen molar-refractivity contribution in [1.82, 2.24) is 5.32 Å². The zero-order valence-electron chi connectivity index (χ0n) is 20.2. The summed E-state index contributed by atoms with van der Waals surface area (Å²) in [5, 5.41) is 4.03. The van der Waals surface area contributed by atoms with E-state index in [0.717, 1.165) is 16.8 Å². The summed E-state index contributed by atoms with van der Waals surface area (Å²) in [5.74, 6) is -0.372. The maximum Gasteiger partial charge on any atom is 0.336 e. The summed E-state index contributed by atoms with van der Waals surface area (Å²) in [7, 11) is 1.55. The molecule has 1 aliphatic carbocycles. The van der Waals surface area contributed by atoms with Gasteiger partial charge in [-0.25, -0.2) is 4.79 Å². The molecule has 1 N–H and O–H groups in total. The molecule has 2 aromatic carbocycles. The first-order valence-electron chi connectivity index (χ1n) is 11.8. The van der Waals surface area contributed by atoms with Crippen molar-refractivity contribution in [2.24, 2.45) is 0 Å². The standard InChI is InChI=1S/C28H30ClNO5/c1-4-34-24-8-6-5-7-21(24)26-25(28(32)35-14-13-33-3)17(2)30-22-15-19(16-23(31)27(22)26)18-9-11-20(29)12-10-18/h5-12,19,26,30H,4,13-16H2,1-3H3. The number of methoxy groups -OCH3 is 1. The van der Waals surface area contributed by atoms with Gasteiger partial charge < -0.3 is 19.5 Å². The molecule has 0 saturated heterocycles. The van der Waals surface area contributed by atoms with Crippen LogP contribution in [-0.4, -0.2) is 38.7 Å². The minimum absolute atomic E-state index is 0.00435. The molecule has 4 rings (SSSR count). The quantitative estimate of drug-likeness (QED) is 0.396. The molecule has 184 valence electrons. The number of Topliss-reactive ketones (excluding diaryl/α,β-unsaturated/α-hetero) is 1. The summed E-state index contributed by atoms with van der Waals surface area (Å²) in [6.45, 7) is 4.65. The van der Waals surface area contributed by atoms with Gasteiger partial charge in [0.05, 0.1) is 24.7 Å². The summed E-state index contributed by atoms with van der Waals surface area (Å²) >= 11 is 6.07. The zero-order valence-corrected chi connectivity index (χ0v) is 21.0. The van der Waals surface area contributed by atoms with Gasteiger partial charge in [0.2, 0.25) is 0 Å². The predicted molar refractivity (Wildman–Crippen MR) is 134 cm³/mol. The van der Waals surface area contributed by atoms with Gasteiger partial charge >= 0.3 is 5.97 Å². The van der Waals surface area contributed by atoms with Crippen LogP contribution < -0.4 is 10.1 Å². The molecule has 2 unspecified atom stereocenters. The Hall–Kier alpha value is -3.09. The molecule has 0 radical (unpaired) electrons. The van der Waals surface area contributed by atoms with Gasteiger partial charge in [-0.2, -0.15) is 0 Å². The first-order chi connectivity index (χ1) is 16.9. The van der Waals surface area contributed by atoms with Crippen molar-refractivity contribution in [1.29, 1.82) is 0 Å². The van der Waals surface area contributed by atoms with Crippen LogP contribution in [0.25, 0.3) is 0 Å². The SMILES string of the molecule is CCOc1ccccc1C1C(C(=O)OCCOC)=C(C)NC2=C1C(=O)CC(c1ccc(Cl)cc1)C2. The number of dihydropyridines is 1. The lowest BCUT2D eigenvalue weighted by Gasteiger charge is -2.37. The van der Waals surface area contributed by atoms with E-state index in [0.29, 0.717) is 53.7 Å². The van der Waals surface area contributed by atoms with Crippen LogP contribution in [0.5, 0.6) is 5.75 Å². The fraction of sp³-hybridized carbons (Fsp3) is 0.357. The van der Waals surface area contributed by atoms with Crippen LogP contribution in [0.1, 0.15) is 49.7 Å². The van der Waals surface area contributed by atoms with Crippen molar-refractivity contribution in [3.8, 4) is 5.75 Å². The van der Waals surface area contributed by atoms with E-state index in [-0.39, 0.29) is 18.3 Å². The summed E-state index contributed by atoms with van der Waals surface area (Å²) in [6, 6.07) is 15.2. The monoisotopic (exact) mass is 495 g/mol. The molecule has 0 amide bonds. The normalized spacial score (nSPS) is 19.8. The molecule has 2 aliphatic rings. The van der Waals surface area contributed by atoms with E-state index < -0.39 is 11.9 Å². The molecule has 0 bridgehead atoms. The molecule has 2 aromatic rings. The number of hydrogen-bond donors (Lipinski definition) is 1. The van der Waals surface area contributed by atoms with Gasteiger partial charge in [0.25, 0.3) is 0 Å². The molecule has 0 aromatic heterocycles. The molecule has 0 fully saturated rings. The number of hydrogen-bond acceptors (Lipinski definition) is 6. The average molecular weight is 496 g/mol. The third kappa shape index (κ3) is 5.29. The van der Waals surface area contributed by atoms with Crippen LogP contribution in [0.2, 0.25) is 5.02 Å². The minimum atomic E-state index is -0.581. The van der Waals surface area contributed by atoms with Gasteiger partial charge in [-0.3, -0.25) is 4.79 Å². The highest BCUT2D eigenvalue weighted by molar-refractivity contribution is 6.30. The highest BCUT2D eigenvalue weighted by Gasteiger charge is 2.42. The van der Waals surface area contributed by atoms with Gasteiger partial charge in [-0.05, 0) is 49.9 Å². The van der Waals surface area contributed by atoms with E-state index in [1.807, 2.05) is 62.4 Å². The number of benzene rings is 2. The summed E-state index contributed by atoms with van der Waals surface area (Å²) < 4.78 is 16.5. The topological polar surface area (TPSA) is 73.9 Å². The van der Waals surface area contributed by atoms with Crippen LogP contribution in [0.15, 0.2) is 71.1 Å². The van der Waals surface area contributed by atoms with Crippen molar-refractivity contribution < 1.29 is 23.8 Å². The first kappa shape index (κ1) is 25.0. The molecule has 1 heterocycles. The smallest absolute Gasteiger partial charge is 0.336 e. The van der Waals surface area contributed by atoms with E-state index in [4.69, 9.17) is 25.8 Å². The number of allylic oxidation sites excluding steroid dienone is 3. The van der Waals surface area contributed by atoms with Crippen molar-refractivity contribution >= 4 is 23.4 Å². The highest BCUT2D eigenvalue weighted by atomic mass is 35.5. The third-order valence-electron chi connectivity index (χ3n) is 6.44. The Balaban J connectivity index is 1.78. The second kappa shape index (κ2) is 11.1. The van der Waals surface area contributed by atoms with E-state index in [1.54, 1.807) is 7.11 Å². The molecular weight excluding hydrogens is 466 g/mol. The molecule has 1 aliphatic heterocycles. The second-order valence-electron chi connectivity index (χ2n) is 8.67.